The van der Waals surface area contributed by atoms with E-state index in [4.69, 9.17) is 26.1 Å². The van der Waals surface area contributed by atoms with Gasteiger partial charge in [0.25, 0.3) is 6.01 Å². The third-order valence-electron chi connectivity index (χ3n) is 4.50. The molecule has 2 aromatic heterocycles. The van der Waals surface area contributed by atoms with E-state index in [1.165, 1.54) is 0 Å². The Morgan fingerprint density at radius 3 is 2.48 bits per heavy atom. The molecule has 3 rings (SSSR count). The van der Waals surface area contributed by atoms with E-state index in [9.17, 15) is 0 Å². The van der Waals surface area contributed by atoms with Gasteiger partial charge in [-0.1, -0.05) is 25.4 Å². The van der Waals surface area contributed by atoms with Crippen LogP contribution in [-0.2, 0) is 0 Å². The molecule has 0 saturated heterocycles. The number of rotatable bonds is 6. The minimum atomic E-state index is 0.321. The molecule has 0 radical (unpaired) electrons. The van der Waals surface area contributed by atoms with Gasteiger partial charge in [-0.05, 0) is 37.1 Å². The highest BCUT2D eigenvalue weighted by molar-refractivity contribution is 6.33. The van der Waals surface area contributed by atoms with Crippen molar-refractivity contribution >= 4 is 22.6 Å². The number of benzene rings is 1. The van der Waals surface area contributed by atoms with Crippen LogP contribution in [0.2, 0.25) is 5.02 Å². The molecular formula is C19H22ClN3O2. The standard InChI is InChI=1S/C19H22ClN3O2/c1-5-12(6-2)23-16-9-10-21-17(18(16)22-19(23)25-4)14-8-7-13(24-3)11-15(14)20/h7-12H,5-6H2,1-4H3. The largest absolute Gasteiger partial charge is 0.497 e. The summed E-state index contributed by atoms with van der Waals surface area (Å²) in [7, 11) is 3.26. The van der Waals surface area contributed by atoms with E-state index >= 15 is 0 Å². The highest BCUT2D eigenvalue weighted by Crippen LogP contribution is 2.37. The summed E-state index contributed by atoms with van der Waals surface area (Å²) in [6.45, 7) is 4.34. The Labute approximate surface area is 152 Å². The molecule has 0 atom stereocenters. The fraction of sp³-hybridized carbons (Fsp3) is 0.368. The molecule has 0 aliphatic rings. The summed E-state index contributed by atoms with van der Waals surface area (Å²) >= 11 is 6.45. The lowest BCUT2D eigenvalue weighted by atomic mass is 10.1. The molecule has 132 valence electrons. The SMILES string of the molecule is CCC(CC)n1c(OC)nc2c(-c3ccc(OC)cc3Cl)nccc21. The predicted octanol–water partition coefficient (Wildman–Crippen LogP) is 5.13. The number of pyridine rings is 1. The van der Waals surface area contributed by atoms with E-state index < -0.39 is 0 Å². The first kappa shape index (κ1) is 17.5. The van der Waals surface area contributed by atoms with E-state index in [2.05, 4.69) is 23.4 Å². The molecule has 1 aromatic carbocycles. The lowest BCUT2D eigenvalue weighted by Crippen LogP contribution is -2.08. The molecule has 0 aliphatic carbocycles. The third-order valence-corrected chi connectivity index (χ3v) is 4.81. The molecule has 0 N–H and O–H groups in total. The number of aromatic nitrogens is 3. The fourth-order valence-corrected chi connectivity index (χ4v) is 3.42. The number of hydrogen-bond donors (Lipinski definition) is 0. The number of nitrogens with zero attached hydrogens (tertiary/aromatic N) is 3. The topological polar surface area (TPSA) is 49.2 Å². The number of imidazole rings is 1. The minimum Gasteiger partial charge on any atom is -0.497 e. The van der Waals surface area contributed by atoms with Gasteiger partial charge < -0.3 is 9.47 Å². The number of halogens is 1. The van der Waals surface area contributed by atoms with Crippen molar-refractivity contribution < 1.29 is 9.47 Å². The maximum Gasteiger partial charge on any atom is 0.297 e. The summed E-state index contributed by atoms with van der Waals surface area (Å²) in [4.78, 5) is 9.23. The van der Waals surface area contributed by atoms with Crippen LogP contribution >= 0.6 is 11.6 Å². The van der Waals surface area contributed by atoms with Crippen molar-refractivity contribution in [1.82, 2.24) is 14.5 Å². The minimum absolute atomic E-state index is 0.321. The Morgan fingerprint density at radius 1 is 1.12 bits per heavy atom. The summed E-state index contributed by atoms with van der Waals surface area (Å²) < 4.78 is 12.9. The molecule has 3 aromatic rings. The van der Waals surface area contributed by atoms with Crippen LogP contribution in [0.5, 0.6) is 11.8 Å². The van der Waals surface area contributed by atoms with Gasteiger partial charge in [-0.2, -0.15) is 4.98 Å². The monoisotopic (exact) mass is 359 g/mol. The van der Waals surface area contributed by atoms with Gasteiger partial charge in [0.2, 0.25) is 0 Å². The van der Waals surface area contributed by atoms with Crippen molar-refractivity contribution in [2.45, 2.75) is 32.7 Å². The number of ether oxygens (including phenoxy) is 2. The van der Waals surface area contributed by atoms with Crippen LogP contribution in [0.1, 0.15) is 32.7 Å². The van der Waals surface area contributed by atoms with Crippen LogP contribution in [-0.4, -0.2) is 28.8 Å². The summed E-state index contributed by atoms with van der Waals surface area (Å²) in [5.41, 5.74) is 3.36. The summed E-state index contributed by atoms with van der Waals surface area (Å²) in [6.07, 6.45) is 3.79. The van der Waals surface area contributed by atoms with Crippen LogP contribution in [0.15, 0.2) is 30.5 Å². The molecule has 0 fully saturated rings. The number of hydrogen-bond acceptors (Lipinski definition) is 4. The van der Waals surface area contributed by atoms with Gasteiger partial charge >= 0.3 is 0 Å². The zero-order valence-corrected chi connectivity index (χ0v) is 15.7. The quantitative estimate of drug-likeness (QED) is 0.612. The van der Waals surface area contributed by atoms with Crippen molar-refractivity contribution in [2.75, 3.05) is 14.2 Å². The van der Waals surface area contributed by atoms with E-state index in [1.54, 1.807) is 26.5 Å². The van der Waals surface area contributed by atoms with Gasteiger partial charge in [0, 0.05) is 17.8 Å². The number of methoxy groups -OCH3 is 2. The average molecular weight is 360 g/mol. The normalized spacial score (nSPS) is 11.3. The molecule has 0 bridgehead atoms. The van der Waals surface area contributed by atoms with E-state index in [1.807, 2.05) is 18.2 Å². The van der Waals surface area contributed by atoms with Crippen LogP contribution in [0.25, 0.3) is 22.3 Å². The second-order valence-electron chi connectivity index (χ2n) is 5.81. The fourth-order valence-electron chi connectivity index (χ4n) is 3.16. The molecule has 0 amide bonds. The van der Waals surface area contributed by atoms with E-state index in [-0.39, 0.29) is 0 Å². The second kappa shape index (κ2) is 7.31. The molecule has 5 nitrogen and oxygen atoms in total. The highest BCUT2D eigenvalue weighted by Gasteiger charge is 2.21. The molecule has 2 heterocycles. The highest BCUT2D eigenvalue weighted by atomic mass is 35.5. The van der Waals surface area contributed by atoms with Crippen molar-refractivity contribution in [3.63, 3.8) is 0 Å². The molecule has 0 aliphatic heterocycles. The Kier molecular flexibility index (Phi) is 5.13. The Hall–Kier alpha value is -2.27. The number of fused-ring (bicyclic) bond motifs is 1. The van der Waals surface area contributed by atoms with Gasteiger partial charge in [0.05, 0.1) is 30.5 Å². The first-order valence-electron chi connectivity index (χ1n) is 8.39. The lowest BCUT2D eigenvalue weighted by molar-refractivity contribution is 0.333. The zero-order chi connectivity index (χ0) is 18.0. The van der Waals surface area contributed by atoms with E-state index in [0.29, 0.717) is 22.8 Å². The van der Waals surface area contributed by atoms with Gasteiger partial charge in [-0.3, -0.25) is 9.55 Å². The summed E-state index contributed by atoms with van der Waals surface area (Å²) in [5, 5.41) is 0.579. The molecule has 0 spiro atoms. The first-order valence-corrected chi connectivity index (χ1v) is 8.77. The summed E-state index contributed by atoms with van der Waals surface area (Å²) in [5.74, 6) is 0.709. The van der Waals surface area contributed by atoms with Crippen molar-refractivity contribution in [3.05, 3.63) is 35.5 Å². The molecule has 6 heteroatoms. The van der Waals surface area contributed by atoms with Gasteiger partial charge in [-0.15, -0.1) is 0 Å². The van der Waals surface area contributed by atoms with E-state index in [0.717, 1.165) is 35.1 Å². The van der Waals surface area contributed by atoms with Gasteiger partial charge in [0.1, 0.15) is 11.3 Å². The molecule has 0 unspecified atom stereocenters. The van der Waals surface area contributed by atoms with Crippen molar-refractivity contribution in [2.24, 2.45) is 0 Å². The predicted molar refractivity (Wildman–Crippen MR) is 101 cm³/mol. The smallest absolute Gasteiger partial charge is 0.297 e. The Morgan fingerprint density at radius 2 is 1.88 bits per heavy atom. The molecule has 0 saturated carbocycles. The van der Waals surface area contributed by atoms with Crippen molar-refractivity contribution in [1.29, 1.82) is 0 Å². The molecular weight excluding hydrogens is 338 g/mol. The summed E-state index contributed by atoms with van der Waals surface area (Å²) in [6, 6.07) is 8.46. The Balaban J connectivity index is 2.25. The lowest BCUT2D eigenvalue weighted by Gasteiger charge is -2.17. The molecule has 25 heavy (non-hydrogen) atoms. The maximum atomic E-state index is 6.45. The van der Waals surface area contributed by atoms with Gasteiger partial charge in [-0.25, -0.2) is 0 Å². The average Bonchev–Trinajstić information content (AvgIpc) is 3.02. The second-order valence-corrected chi connectivity index (χ2v) is 6.22. The zero-order valence-electron chi connectivity index (χ0n) is 14.9. The van der Waals surface area contributed by atoms with Gasteiger partial charge in [0.15, 0.2) is 0 Å². The van der Waals surface area contributed by atoms with Crippen LogP contribution in [0.4, 0.5) is 0 Å². The van der Waals surface area contributed by atoms with Crippen molar-refractivity contribution in [3.8, 4) is 23.0 Å². The first-order chi connectivity index (χ1) is 12.1. The van der Waals surface area contributed by atoms with Crippen LogP contribution in [0, 0.1) is 0 Å². The third kappa shape index (κ3) is 3.04. The van der Waals surface area contributed by atoms with Crippen LogP contribution in [0.3, 0.4) is 0 Å². The Bertz CT molecular complexity index is 888. The van der Waals surface area contributed by atoms with Crippen LogP contribution < -0.4 is 9.47 Å². The maximum absolute atomic E-state index is 6.45.